The first kappa shape index (κ1) is 17.1. The van der Waals surface area contributed by atoms with E-state index in [1.807, 2.05) is 0 Å². The molecule has 2 heterocycles. The summed E-state index contributed by atoms with van der Waals surface area (Å²) in [5.74, 6) is 0.273. The van der Waals surface area contributed by atoms with E-state index in [0.29, 0.717) is 11.4 Å². The molecule has 1 aliphatic heterocycles. The van der Waals surface area contributed by atoms with Crippen LogP contribution in [0.15, 0.2) is 27.6 Å². The molecule has 0 atom stereocenters. The molecule has 1 aliphatic carbocycles. The summed E-state index contributed by atoms with van der Waals surface area (Å²) in [4.78, 5) is 12.7. The Morgan fingerprint density at radius 3 is 2.58 bits per heavy atom. The lowest BCUT2D eigenvalue weighted by Gasteiger charge is -2.31. The Kier molecular flexibility index (Phi) is 3.83. The van der Waals surface area contributed by atoms with Crippen molar-refractivity contribution in [1.29, 1.82) is 0 Å². The second-order valence-corrected chi connectivity index (χ2v) is 8.74. The van der Waals surface area contributed by atoms with Crippen LogP contribution < -0.4 is 10.0 Å². The monoisotopic (exact) mass is 375 g/mol. The second-order valence-electron chi connectivity index (χ2n) is 7.12. The molecule has 0 unspecified atom stereocenters. The molecule has 1 spiro atoms. The van der Waals surface area contributed by atoms with E-state index in [9.17, 15) is 13.2 Å². The average Bonchev–Trinajstić information content (AvgIpc) is 3.07. The lowest BCUT2D eigenvalue weighted by atomic mass is 9.70. The molecule has 2 aliphatic rings. The molecule has 1 fully saturated rings. The van der Waals surface area contributed by atoms with Gasteiger partial charge in [0, 0.05) is 11.4 Å². The number of aryl methyl sites for hydroxylation is 2. The van der Waals surface area contributed by atoms with Crippen LogP contribution in [0, 0.1) is 13.8 Å². The maximum atomic E-state index is 12.7. The Balaban J connectivity index is 1.72. The van der Waals surface area contributed by atoms with Crippen LogP contribution in [0.3, 0.4) is 0 Å². The molecule has 2 N–H and O–H groups in total. The molecule has 0 bridgehead atoms. The maximum Gasteiger partial charge on any atom is 0.267 e. The van der Waals surface area contributed by atoms with Gasteiger partial charge in [-0.05, 0) is 50.5 Å². The largest absolute Gasteiger partial charge is 0.360 e. The number of hydrogen-bond donors (Lipinski definition) is 2. The molecule has 1 aromatic carbocycles. The third kappa shape index (κ3) is 2.51. The quantitative estimate of drug-likeness (QED) is 0.857. The zero-order valence-corrected chi connectivity index (χ0v) is 15.6. The number of hydrogen-bond acceptors (Lipinski definition) is 5. The van der Waals surface area contributed by atoms with Gasteiger partial charge < -0.3 is 9.84 Å². The number of fused-ring (bicyclic) bond motifs is 2. The van der Waals surface area contributed by atoms with Gasteiger partial charge in [-0.1, -0.05) is 24.4 Å². The van der Waals surface area contributed by atoms with E-state index in [1.54, 1.807) is 32.0 Å². The number of carbonyl (C=O) groups is 1. The third-order valence-electron chi connectivity index (χ3n) is 5.41. The second kappa shape index (κ2) is 5.84. The highest BCUT2D eigenvalue weighted by Crippen LogP contribution is 2.48. The van der Waals surface area contributed by atoms with E-state index < -0.39 is 15.4 Å². The minimum atomic E-state index is -3.82. The summed E-state index contributed by atoms with van der Waals surface area (Å²) >= 11 is 0. The van der Waals surface area contributed by atoms with Crippen molar-refractivity contribution in [1.82, 2.24) is 5.16 Å². The Hall–Kier alpha value is -2.35. The van der Waals surface area contributed by atoms with Crippen molar-refractivity contribution in [2.45, 2.75) is 56.3 Å². The zero-order valence-electron chi connectivity index (χ0n) is 14.8. The molecule has 26 heavy (non-hydrogen) atoms. The van der Waals surface area contributed by atoms with E-state index in [0.717, 1.165) is 43.4 Å². The fourth-order valence-corrected chi connectivity index (χ4v) is 5.57. The van der Waals surface area contributed by atoms with Gasteiger partial charge in [-0.3, -0.25) is 9.52 Å². The number of amides is 1. The first-order chi connectivity index (χ1) is 12.3. The summed E-state index contributed by atoms with van der Waals surface area (Å²) in [7, 11) is -3.82. The number of sulfonamides is 1. The van der Waals surface area contributed by atoms with Crippen molar-refractivity contribution in [3.8, 4) is 0 Å². The molecule has 8 heteroatoms. The Labute approximate surface area is 152 Å². The van der Waals surface area contributed by atoms with Crippen molar-refractivity contribution in [3.63, 3.8) is 0 Å². The van der Waals surface area contributed by atoms with Crippen LogP contribution in [0.4, 0.5) is 11.4 Å². The average molecular weight is 375 g/mol. The summed E-state index contributed by atoms with van der Waals surface area (Å²) in [6.45, 7) is 3.16. The zero-order chi connectivity index (χ0) is 18.5. The van der Waals surface area contributed by atoms with Crippen molar-refractivity contribution >= 4 is 27.3 Å². The van der Waals surface area contributed by atoms with Gasteiger partial charge in [0.05, 0.1) is 5.41 Å². The molecular formula is C18H21N3O4S. The van der Waals surface area contributed by atoms with Crippen molar-refractivity contribution in [2.24, 2.45) is 0 Å². The Bertz CT molecular complexity index is 968. The number of carbonyl (C=O) groups excluding carboxylic acids is 1. The predicted octanol–water partition coefficient (Wildman–Crippen LogP) is 3.25. The molecule has 1 saturated carbocycles. The summed E-state index contributed by atoms with van der Waals surface area (Å²) in [6, 6.07) is 5.22. The molecule has 0 radical (unpaired) electrons. The molecule has 7 nitrogen and oxygen atoms in total. The highest BCUT2D eigenvalue weighted by Gasteiger charge is 2.47. The van der Waals surface area contributed by atoms with Gasteiger partial charge in [-0.25, -0.2) is 8.42 Å². The van der Waals surface area contributed by atoms with Crippen LogP contribution >= 0.6 is 0 Å². The van der Waals surface area contributed by atoms with Crippen LogP contribution in [-0.4, -0.2) is 19.5 Å². The number of anilines is 2. The topological polar surface area (TPSA) is 101 Å². The van der Waals surface area contributed by atoms with Crippen LogP contribution in [0.2, 0.25) is 0 Å². The normalized spacial score (nSPS) is 18.6. The standard InChI is InChI=1S/C18H21N3O4S/c1-11-16(12(2)25-20-11)26(23,24)21-13-6-7-15-14(10-13)18(17(22)19-15)8-4-3-5-9-18/h6-7,10,21H,3-5,8-9H2,1-2H3,(H,19,22). The first-order valence-corrected chi connectivity index (χ1v) is 10.2. The van der Waals surface area contributed by atoms with E-state index in [4.69, 9.17) is 4.52 Å². The molecule has 4 rings (SSSR count). The third-order valence-corrected chi connectivity index (χ3v) is 7.04. The fraction of sp³-hybridized carbons (Fsp3) is 0.444. The molecule has 1 aromatic heterocycles. The van der Waals surface area contributed by atoms with Gasteiger partial charge in [0.25, 0.3) is 10.0 Å². The van der Waals surface area contributed by atoms with Gasteiger partial charge >= 0.3 is 0 Å². The number of nitrogens with zero attached hydrogens (tertiary/aromatic N) is 1. The number of aromatic nitrogens is 1. The molecular weight excluding hydrogens is 354 g/mol. The Morgan fingerprint density at radius 2 is 1.92 bits per heavy atom. The van der Waals surface area contributed by atoms with E-state index >= 15 is 0 Å². The highest BCUT2D eigenvalue weighted by atomic mass is 32.2. The van der Waals surface area contributed by atoms with Gasteiger partial charge in [0.1, 0.15) is 5.69 Å². The summed E-state index contributed by atoms with van der Waals surface area (Å²) in [5.41, 5.74) is 1.89. The van der Waals surface area contributed by atoms with Crippen molar-refractivity contribution in [2.75, 3.05) is 10.0 Å². The Morgan fingerprint density at radius 1 is 1.19 bits per heavy atom. The maximum absolute atomic E-state index is 12.7. The molecule has 138 valence electrons. The van der Waals surface area contributed by atoms with Crippen LogP contribution in [0.25, 0.3) is 0 Å². The van der Waals surface area contributed by atoms with Gasteiger partial charge in [-0.15, -0.1) is 0 Å². The van der Waals surface area contributed by atoms with Crippen molar-refractivity contribution < 1.29 is 17.7 Å². The number of rotatable bonds is 3. The SMILES string of the molecule is Cc1noc(C)c1S(=O)(=O)Nc1ccc2c(c1)C1(CCCCC1)C(=O)N2. The van der Waals surface area contributed by atoms with Crippen LogP contribution in [0.5, 0.6) is 0 Å². The summed E-state index contributed by atoms with van der Waals surface area (Å²) in [5, 5.41) is 6.66. The minimum Gasteiger partial charge on any atom is -0.360 e. The van der Waals surface area contributed by atoms with E-state index in [-0.39, 0.29) is 16.6 Å². The highest BCUT2D eigenvalue weighted by molar-refractivity contribution is 7.92. The molecule has 2 aromatic rings. The van der Waals surface area contributed by atoms with Crippen LogP contribution in [0.1, 0.15) is 49.1 Å². The molecule has 0 saturated heterocycles. The number of benzene rings is 1. The van der Waals surface area contributed by atoms with E-state index in [2.05, 4.69) is 15.2 Å². The van der Waals surface area contributed by atoms with Gasteiger partial charge in [0.15, 0.2) is 10.7 Å². The first-order valence-electron chi connectivity index (χ1n) is 8.75. The lowest BCUT2D eigenvalue weighted by molar-refractivity contribution is -0.121. The minimum absolute atomic E-state index is 0.0259. The van der Waals surface area contributed by atoms with Gasteiger partial charge in [0.2, 0.25) is 5.91 Å². The number of nitrogens with one attached hydrogen (secondary N) is 2. The van der Waals surface area contributed by atoms with Gasteiger partial charge in [-0.2, -0.15) is 0 Å². The summed E-state index contributed by atoms with van der Waals surface area (Å²) < 4.78 is 33.1. The van der Waals surface area contributed by atoms with Crippen LogP contribution in [-0.2, 0) is 20.2 Å². The molecule has 1 amide bonds. The predicted molar refractivity (Wildman–Crippen MR) is 96.6 cm³/mol. The van der Waals surface area contributed by atoms with E-state index in [1.165, 1.54) is 0 Å². The smallest absolute Gasteiger partial charge is 0.267 e. The summed E-state index contributed by atoms with van der Waals surface area (Å²) in [6.07, 6.45) is 4.73. The van der Waals surface area contributed by atoms with Crippen molar-refractivity contribution in [3.05, 3.63) is 35.2 Å². The fourth-order valence-electron chi connectivity index (χ4n) is 4.19. The lowest BCUT2D eigenvalue weighted by Crippen LogP contribution is -2.36.